The van der Waals surface area contributed by atoms with Crippen molar-refractivity contribution >= 4 is 6.09 Å². The molecule has 1 N–H and O–H groups in total. The van der Waals surface area contributed by atoms with Gasteiger partial charge in [-0.2, -0.15) is 0 Å². The van der Waals surface area contributed by atoms with Gasteiger partial charge in [0.1, 0.15) is 5.60 Å². The summed E-state index contributed by atoms with van der Waals surface area (Å²) in [5.41, 5.74) is -0.605. The molecule has 0 saturated carbocycles. The highest BCUT2D eigenvalue weighted by Gasteiger charge is 2.14. The number of nitrogens with one attached hydrogen (secondary N) is 1. The van der Waals surface area contributed by atoms with Crippen LogP contribution < -0.4 is 5.32 Å². The van der Waals surface area contributed by atoms with Gasteiger partial charge >= 0.3 is 6.09 Å². The van der Waals surface area contributed by atoms with Crippen LogP contribution in [0, 0.1) is 10.1 Å². The zero-order valence-corrected chi connectivity index (χ0v) is 7.73. The summed E-state index contributed by atoms with van der Waals surface area (Å²) in [6.45, 7) is 5.09. The maximum Gasteiger partial charge on any atom is 0.411 e. The van der Waals surface area contributed by atoms with Gasteiger partial charge in [0, 0.05) is 0 Å². The molecule has 0 unspecified atom stereocenters. The van der Waals surface area contributed by atoms with E-state index in [0.717, 1.165) is 6.20 Å². The molecule has 6 nitrogen and oxygen atoms in total. The Morgan fingerprint density at radius 2 is 2.08 bits per heavy atom. The molecule has 0 radical (unpaired) electrons. The fraction of sp³-hybridized carbons (Fsp3) is 0.571. The molecule has 0 heterocycles. The maximum atomic E-state index is 10.8. The maximum absolute atomic E-state index is 10.8. The number of ether oxygens (including phenoxy) is 1. The molecule has 0 rings (SSSR count). The van der Waals surface area contributed by atoms with Crippen molar-refractivity contribution in [1.29, 1.82) is 0 Å². The van der Waals surface area contributed by atoms with Crippen LogP contribution in [-0.4, -0.2) is 16.6 Å². The largest absolute Gasteiger partial charge is 0.444 e. The molecule has 0 bridgehead atoms. The lowest BCUT2D eigenvalue weighted by molar-refractivity contribution is -0.402. The Labute approximate surface area is 75.7 Å². The van der Waals surface area contributed by atoms with Crippen molar-refractivity contribution < 1.29 is 14.5 Å². The zero-order valence-electron chi connectivity index (χ0n) is 7.73. The number of carbonyl (C=O) groups is 1. The first kappa shape index (κ1) is 11.4. The van der Waals surface area contributed by atoms with Crippen molar-refractivity contribution in [2.45, 2.75) is 26.4 Å². The second-order valence-electron chi connectivity index (χ2n) is 3.25. The van der Waals surface area contributed by atoms with E-state index < -0.39 is 16.6 Å². The molecule has 0 aliphatic carbocycles. The van der Waals surface area contributed by atoms with E-state index in [9.17, 15) is 14.9 Å². The van der Waals surface area contributed by atoms with Crippen molar-refractivity contribution in [1.82, 2.24) is 5.32 Å². The monoisotopic (exact) mass is 188 g/mol. The Morgan fingerprint density at radius 3 is 2.46 bits per heavy atom. The topological polar surface area (TPSA) is 81.5 Å². The van der Waals surface area contributed by atoms with E-state index in [1.165, 1.54) is 0 Å². The second kappa shape index (κ2) is 4.44. The Balaban J connectivity index is 3.83. The predicted molar refractivity (Wildman–Crippen MR) is 45.5 cm³/mol. The Bertz CT molecular complexity index is 229. The highest BCUT2D eigenvalue weighted by Crippen LogP contribution is 2.05. The lowest BCUT2D eigenvalue weighted by atomic mass is 10.2. The van der Waals surface area contributed by atoms with E-state index in [2.05, 4.69) is 5.32 Å². The minimum Gasteiger partial charge on any atom is -0.444 e. The lowest BCUT2D eigenvalue weighted by Crippen LogP contribution is -2.29. The fourth-order valence-electron chi connectivity index (χ4n) is 0.474. The van der Waals surface area contributed by atoms with Crippen molar-refractivity contribution in [3.05, 3.63) is 22.5 Å². The summed E-state index contributed by atoms with van der Waals surface area (Å²) in [6.07, 6.45) is 0.809. The molecule has 0 fully saturated rings. The molecule has 0 aromatic heterocycles. The summed E-state index contributed by atoms with van der Waals surface area (Å²) < 4.78 is 4.80. The predicted octanol–water partition coefficient (Wildman–Crippen LogP) is 1.26. The van der Waals surface area contributed by atoms with Gasteiger partial charge < -0.3 is 4.74 Å². The molecule has 0 aliphatic heterocycles. The molecule has 0 saturated heterocycles. The molecule has 0 aromatic rings. The van der Waals surface area contributed by atoms with E-state index in [1.54, 1.807) is 20.8 Å². The van der Waals surface area contributed by atoms with Crippen LogP contribution in [0.25, 0.3) is 0 Å². The normalized spacial score (nSPS) is 11.3. The number of nitro groups is 1. The van der Waals surface area contributed by atoms with Crippen LogP contribution in [0.1, 0.15) is 20.8 Å². The summed E-state index contributed by atoms with van der Waals surface area (Å²) >= 11 is 0. The van der Waals surface area contributed by atoms with Crippen molar-refractivity contribution in [2.75, 3.05) is 0 Å². The Kier molecular flexibility index (Phi) is 3.90. The molecule has 0 spiro atoms. The molecule has 0 aliphatic rings. The van der Waals surface area contributed by atoms with Gasteiger partial charge in [-0.25, -0.2) is 4.79 Å². The Morgan fingerprint density at radius 1 is 1.54 bits per heavy atom. The highest BCUT2D eigenvalue weighted by molar-refractivity contribution is 5.68. The van der Waals surface area contributed by atoms with Crippen molar-refractivity contribution in [2.24, 2.45) is 0 Å². The standard InChI is InChI=1S/C7H12N2O4/c1-7(2,3)13-6(10)8-4-5-9(11)12/h4-5H,1-3H3,(H,8,10)/b5-4-. The SMILES string of the molecule is CC(C)(C)OC(=O)N/C=C\[N+](=O)[O-]. The van der Waals surface area contributed by atoms with Gasteiger partial charge in [0.25, 0.3) is 0 Å². The van der Waals surface area contributed by atoms with Gasteiger partial charge in [0.05, 0.1) is 11.1 Å². The first-order valence-corrected chi connectivity index (χ1v) is 3.61. The number of amides is 1. The fourth-order valence-corrected chi connectivity index (χ4v) is 0.474. The van der Waals surface area contributed by atoms with E-state index >= 15 is 0 Å². The van der Waals surface area contributed by atoms with Crippen LogP contribution in [0.4, 0.5) is 4.79 Å². The molecule has 0 aromatic carbocycles. The third-order valence-electron chi connectivity index (χ3n) is 0.796. The van der Waals surface area contributed by atoms with Gasteiger partial charge in [-0.3, -0.25) is 15.4 Å². The first-order chi connectivity index (χ1) is 5.81. The van der Waals surface area contributed by atoms with E-state index in [4.69, 9.17) is 4.74 Å². The number of rotatable bonds is 2. The van der Waals surface area contributed by atoms with E-state index in [1.807, 2.05) is 0 Å². The van der Waals surface area contributed by atoms with Crippen LogP contribution in [0.5, 0.6) is 0 Å². The summed E-state index contributed by atoms with van der Waals surface area (Å²) in [5.74, 6) is 0. The van der Waals surface area contributed by atoms with Gasteiger partial charge in [0.2, 0.25) is 6.20 Å². The van der Waals surface area contributed by atoms with Crippen LogP contribution in [0.3, 0.4) is 0 Å². The summed E-state index contributed by atoms with van der Waals surface area (Å²) in [5, 5.41) is 11.9. The number of carbonyl (C=O) groups excluding carboxylic acids is 1. The molecule has 13 heavy (non-hydrogen) atoms. The molecule has 1 amide bonds. The van der Waals surface area contributed by atoms with E-state index in [0.29, 0.717) is 6.20 Å². The summed E-state index contributed by atoms with van der Waals surface area (Å²) in [4.78, 5) is 19.9. The van der Waals surface area contributed by atoms with E-state index in [-0.39, 0.29) is 0 Å². The zero-order chi connectivity index (χ0) is 10.5. The van der Waals surface area contributed by atoms with Crippen LogP contribution >= 0.6 is 0 Å². The Hall–Kier alpha value is -1.59. The quantitative estimate of drug-likeness (QED) is 0.522. The molecule has 74 valence electrons. The smallest absolute Gasteiger partial charge is 0.411 e. The van der Waals surface area contributed by atoms with Crippen molar-refractivity contribution in [3.63, 3.8) is 0 Å². The number of hydrogen-bond donors (Lipinski definition) is 1. The number of hydrogen-bond acceptors (Lipinski definition) is 4. The number of nitrogens with zero attached hydrogens (tertiary/aromatic N) is 1. The average Bonchev–Trinajstić information content (AvgIpc) is 1.81. The minimum absolute atomic E-state index is 0.605. The molecular formula is C7H12N2O4. The summed E-state index contributed by atoms with van der Waals surface area (Å²) in [7, 11) is 0. The van der Waals surface area contributed by atoms with Gasteiger partial charge in [-0.05, 0) is 20.8 Å². The highest BCUT2D eigenvalue weighted by atomic mass is 16.6. The molecular weight excluding hydrogens is 176 g/mol. The van der Waals surface area contributed by atoms with Crippen molar-refractivity contribution in [3.8, 4) is 0 Å². The third-order valence-corrected chi connectivity index (χ3v) is 0.796. The lowest BCUT2D eigenvalue weighted by Gasteiger charge is -2.18. The minimum atomic E-state index is -0.717. The first-order valence-electron chi connectivity index (χ1n) is 3.61. The van der Waals surface area contributed by atoms with Crippen LogP contribution in [-0.2, 0) is 4.74 Å². The second-order valence-corrected chi connectivity index (χ2v) is 3.25. The third kappa shape index (κ3) is 8.32. The number of alkyl carbamates (subject to hydrolysis) is 1. The van der Waals surface area contributed by atoms with Crippen LogP contribution in [0.15, 0.2) is 12.4 Å². The molecule has 6 heteroatoms. The van der Waals surface area contributed by atoms with Gasteiger partial charge in [0.15, 0.2) is 0 Å². The summed E-state index contributed by atoms with van der Waals surface area (Å²) in [6, 6.07) is 0. The van der Waals surface area contributed by atoms with Gasteiger partial charge in [-0.15, -0.1) is 0 Å². The van der Waals surface area contributed by atoms with Crippen LogP contribution in [0.2, 0.25) is 0 Å². The van der Waals surface area contributed by atoms with Gasteiger partial charge in [-0.1, -0.05) is 0 Å². The molecule has 0 atom stereocenters. The average molecular weight is 188 g/mol.